The molecule has 114 valence electrons. The van der Waals surface area contributed by atoms with E-state index in [4.69, 9.17) is 25.0 Å². The Balaban J connectivity index is 1.82. The van der Waals surface area contributed by atoms with Crippen LogP contribution in [0.15, 0.2) is 0 Å². The second kappa shape index (κ2) is 4.17. The summed E-state index contributed by atoms with van der Waals surface area (Å²) in [5.74, 6) is 0.936. The standard InChI is InChI=1S/C15H25NO4/c1-8-4-5-11-9(2)12(16)17-13-15(11)10(8)6-7-14(3,18-13)19-20-15/h8-13H,4-7,16H2,1-3H3/t8-,9-,10?,11?,12?,13-,14+,15?/m1/s1. The minimum Gasteiger partial charge on any atom is -0.331 e. The zero-order chi connectivity index (χ0) is 14.1. The number of rotatable bonds is 0. The van der Waals surface area contributed by atoms with Crippen LogP contribution in [0.5, 0.6) is 0 Å². The minimum atomic E-state index is -0.697. The van der Waals surface area contributed by atoms with Gasteiger partial charge in [0.05, 0.1) is 0 Å². The molecule has 5 rings (SSSR count). The summed E-state index contributed by atoms with van der Waals surface area (Å²) in [6, 6.07) is 0. The Morgan fingerprint density at radius 3 is 2.65 bits per heavy atom. The second-order valence-electron chi connectivity index (χ2n) is 7.37. The third kappa shape index (κ3) is 1.56. The van der Waals surface area contributed by atoms with Crippen LogP contribution >= 0.6 is 0 Å². The van der Waals surface area contributed by atoms with Gasteiger partial charge in [0.25, 0.3) is 0 Å². The van der Waals surface area contributed by atoms with Gasteiger partial charge < -0.3 is 15.2 Å². The molecule has 1 spiro atoms. The van der Waals surface area contributed by atoms with E-state index in [1.54, 1.807) is 0 Å². The Kier molecular flexibility index (Phi) is 2.81. The molecule has 2 N–H and O–H groups in total. The molecule has 5 nitrogen and oxygen atoms in total. The van der Waals surface area contributed by atoms with Crippen LogP contribution in [-0.4, -0.2) is 23.9 Å². The third-order valence-corrected chi connectivity index (χ3v) is 6.21. The molecule has 4 heterocycles. The van der Waals surface area contributed by atoms with Gasteiger partial charge in [-0.3, -0.25) is 0 Å². The van der Waals surface area contributed by atoms with Crippen LogP contribution in [0.3, 0.4) is 0 Å². The molecule has 5 aliphatic rings. The summed E-state index contributed by atoms with van der Waals surface area (Å²) in [5, 5.41) is 0. The van der Waals surface area contributed by atoms with Crippen LogP contribution in [0.1, 0.15) is 46.5 Å². The summed E-state index contributed by atoms with van der Waals surface area (Å²) in [5.41, 5.74) is 5.71. The number of nitrogens with two attached hydrogens (primary N) is 1. The van der Waals surface area contributed by atoms with E-state index in [9.17, 15) is 0 Å². The van der Waals surface area contributed by atoms with Crippen molar-refractivity contribution in [3.8, 4) is 0 Å². The Morgan fingerprint density at radius 1 is 1.05 bits per heavy atom. The summed E-state index contributed by atoms with van der Waals surface area (Å²) in [7, 11) is 0. The first kappa shape index (κ1) is 13.5. The predicted molar refractivity (Wildman–Crippen MR) is 71.0 cm³/mol. The van der Waals surface area contributed by atoms with E-state index in [0.717, 1.165) is 19.3 Å². The Hall–Kier alpha value is -0.200. The van der Waals surface area contributed by atoms with E-state index < -0.39 is 17.7 Å². The summed E-state index contributed by atoms with van der Waals surface area (Å²) >= 11 is 0. The van der Waals surface area contributed by atoms with Crippen molar-refractivity contribution in [2.75, 3.05) is 0 Å². The van der Waals surface area contributed by atoms with Crippen molar-refractivity contribution in [1.29, 1.82) is 0 Å². The van der Waals surface area contributed by atoms with Crippen molar-refractivity contribution in [1.82, 2.24) is 0 Å². The predicted octanol–water partition coefficient (Wildman–Crippen LogP) is 2.15. The summed E-state index contributed by atoms with van der Waals surface area (Å²) < 4.78 is 12.2. The summed E-state index contributed by atoms with van der Waals surface area (Å²) in [4.78, 5) is 11.7. The van der Waals surface area contributed by atoms with Crippen LogP contribution in [-0.2, 0) is 19.2 Å². The SMILES string of the molecule is C[C@H]1C(N)O[C@@H]2O[C@]3(C)CCC4[C@H](C)CCC1C42OO3. The molecule has 0 aromatic rings. The normalized spacial score (nSPS) is 61.8. The van der Waals surface area contributed by atoms with Gasteiger partial charge in [-0.1, -0.05) is 13.8 Å². The summed E-state index contributed by atoms with van der Waals surface area (Å²) in [6.07, 6.45) is 3.57. The van der Waals surface area contributed by atoms with E-state index in [1.165, 1.54) is 6.42 Å². The van der Waals surface area contributed by atoms with Crippen molar-refractivity contribution < 1.29 is 19.2 Å². The highest BCUT2D eigenvalue weighted by Crippen LogP contribution is 2.60. The largest absolute Gasteiger partial charge is 0.331 e. The van der Waals surface area contributed by atoms with E-state index in [-0.39, 0.29) is 12.1 Å². The van der Waals surface area contributed by atoms with Crippen LogP contribution in [0, 0.1) is 23.7 Å². The molecular weight excluding hydrogens is 258 g/mol. The van der Waals surface area contributed by atoms with Gasteiger partial charge in [0.2, 0.25) is 5.79 Å². The molecule has 0 amide bonds. The molecule has 4 saturated heterocycles. The van der Waals surface area contributed by atoms with Crippen molar-refractivity contribution in [3.05, 3.63) is 0 Å². The van der Waals surface area contributed by atoms with Crippen LogP contribution in [0.2, 0.25) is 0 Å². The fourth-order valence-electron chi connectivity index (χ4n) is 4.93. The van der Waals surface area contributed by atoms with Crippen molar-refractivity contribution in [2.24, 2.45) is 29.4 Å². The van der Waals surface area contributed by atoms with E-state index in [2.05, 4.69) is 13.8 Å². The molecule has 20 heavy (non-hydrogen) atoms. The van der Waals surface area contributed by atoms with Gasteiger partial charge in [0.1, 0.15) is 6.23 Å². The highest BCUT2D eigenvalue weighted by molar-refractivity contribution is 5.09. The first-order valence-electron chi connectivity index (χ1n) is 7.92. The summed E-state index contributed by atoms with van der Waals surface area (Å²) in [6.45, 7) is 6.41. The molecule has 2 bridgehead atoms. The van der Waals surface area contributed by atoms with Crippen LogP contribution < -0.4 is 5.73 Å². The van der Waals surface area contributed by atoms with Gasteiger partial charge in [0.15, 0.2) is 11.9 Å². The van der Waals surface area contributed by atoms with Crippen molar-refractivity contribution in [3.63, 3.8) is 0 Å². The molecule has 5 heteroatoms. The quantitative estimate of drug-likeness (QED) is 0.690. The molecule has 0 aromatic carbocycles. The molecule has 1 aliphatic carbocycles. The number of hydrogen-bond donors (Lipinski definition) is 1. The van der Waals surface area contributed by atoms with Gasteiger partial charge in [-0.15, -0.1) is 0 Å². The van der Waals surface area contributed by atoms with E-state index >= 15 is 0 Å². The highest BCUT2D eigenvalue weighted by Gasteiger charge is 2.68. The Morgan fingerprint density at radius 2 is 1.85 bits per heavy atom. The second-order valence-corrected chi connectivity index (χ2v) is 7.37. The fourth-order valence-corrected chi connectivity index (χ4v) is 4.93. The lowest BCUT2D eigenvalue weighted by atomic mass is 9.58. The number of fused-ring (bicyclic) bond motifs is 2. The molecular formula is C15H25NO4. The Bertz CT molecular complexity index is 415. The molecule has 0 aromatic heterocycles. The van der Waals surface area contributed by atoms with E-state index in [0.29, 0.717) is 17.8 Å². The lowest BCUT2D eigenvalue weighted by Gasteiger charge is -2.60. The smallest absolute Gasteiger partial charge is 0.201 e. The lowest BCUT2D eigenvalue weighted by Crippen LogP contribution is -2.71. The average molecular weight is 283 g/mol. The van der Waals surface area contributed by atoms with E-state index in [1.807, 2.05) is 6.92 Å². The first-order valence-corrected chi connectivity index (χ1v) is 7.92. The maximum absolute atomic E-state index is 6.18. The Labute approximate surface area is 120 Å². The van der Waals surface area contributed by atoms with Gasteiger partial charge in [0, 0.05) is 18.3 Å². The fraction of sp³-hybridized carbons (Fsp3) is 1.00. The molecule has 0 radical (unpaired) electrons. The maximum atomic E-state index is 6.18. The average Bonchev–Trinajstić information content (AvgIpc) is 2.63. The zero-order valence-corrected chi connectivity index (χ0v) is 12.5. The van der Waals surface area contributed by atoms with Crippen LogP contribution in [0.4, 0.5) is 0 Å². The lowest BCUT2D eigenvalue weighted by molar-refractivity contribution is -0.570. The molecule has 4 unspecified atom stereocenters. The molecule has 1 saturated carbocycles. The molecule has 8 atom stereocenters. The highest BCUT2D eigenvalue weighted by atomic mass is 17.3. The minimum absolute atomic E-state index is 0.260. The van der Waals surface area contributed by atoms with Crippen molar-refractivity contribution in [2.45, 2.75) is 70.4 Å². The third-order valence-electron chi connectivity index (χ3n) is 6.21. The number of hydrogen-bond acceptors (Lipinski definition) is 5. The monoisotopic (exact) mass is 283 g/mol. The number of ether oxygens (including phenoxy) is 2. The zero-order valence-electron chi connectivity index (χ0n) is 12.5. The molecule has 4 aliphatic heterocycles. The van der Waals surface area contributed by atoms with Gasteiger partial charge >= 0.3 is 0 Å². The van der Waals surface area contributed by atoms with Gasteiger partial charge in [-0.25, -0.2) is 9.78 Å². The van der Waals surface area contributed by atoms with Gasteiger partial charge in [-0.2, -0.15) is 0 Å². The molecule has 5 fully saturated rings. The van der Waals surface area contributed by atoms with Crippen LogP contribution in [0.25, 0.3) is 0 Å². The first-order chi connectivity index (χ1) is 9.46. The van der Waals surface area contributed by atoms with Crippen molar-refractivity contribution >= 4 is 0 Å². The topological polar surface area (TPSA) is 62.9 Å². The maximum Gasteiger partial charge on any atom is 0.201 e. The van der Waals surface area contributed by atoms with Gasteiger partial charge in [-0.05, 0) is 38.0 Å².